The van der Waals surface area contributed by atoms with Crippen LogP contribution >= 0.6 is 0 Å². The molecule has 1 saturated heterocycles. The standard InChI is InChI=1S/C21H26N4O2/c1-14-23-18-13-27-19-7-3-2-6-16(19)11-17(18)21(24-14)25-10-4-5-15(12-25)8-9-20(22)26/h2-3,6-7,15H,4-5,8-13H2,1H3,(H2,22,26)/t15-/m1/s1. The zero-order valence-corrected chi connectivity index (χ0v) is 15.8. The first-order valence-corrected chi connectivity index (χ1v) is 9.70. The van der Waals surface area contributed by atoms with E-state index >= 15 is 0 Å². The molecule has 2 N–H and O–H groups in total. The summed E-state index contributed by atoms with van der Waals surface area (Å²) in [5.41, 5.74) is 8.66. The van der Waals surface area contributed by atoms with Gasteiger partial charge in [0.1, 0.15) is 24.0 Å². The van der Waals surface area contributed by atoms with Gasteiger partial charge in [0.25, 0.3) is 0 Å². The molecule has 0 spiro atoms. The minimum atomic E-state index is -0.215. The number of rotatable bonds is 4. The fraction of sp³-hybridized carbons (Fsp3) is 0.476. The molecule has 1 aromatic carbocycles. The van der Waals surface area contributed by atoms with E-state index in [-0.39, 0.29) is 5.91 Å². The number of hydrogen-bond acceptors (Lipinski definition) is 5. The van der Waals surface area contributed by atoms with E-state index in [0.29, 0.717) is 18.9 Å². The molecular formula is C21H26N4O2. The number of para-hydroxylation sites is 1. The summed E-state index contributed by atoms with van der Waals surface area (Å²) in [6.07, 6.45) is 4.34. The normalized spacial score (nSPS) is 18.9. The van der Waals surface area contributed by atoms with E-state index in [1.54, 1.807) is 0 Å². The molecule has 3 heterocycles. The molecular weight excluding hydrogens is 340 g/mol. The highest BCUT2D eigenvalue weighted by molar-refractivity contribution is 5.73. The van der Waals surface area contributed by atoms with Crippen molar-refractivity contribution in [2.24, 2.45) is 11.7 Å². The second-order valence-corrected chi connectivity index (χ2v) is 7.55. The topological polar surface area (TPSA) is 81.3 Å². The number of ether oxygens (including phenoxy) is 1. The molecule has 1 amide bonds. The third-order valence-electron chi connectivity index (χ3n) is 5.50. The van der Waals surface area contributed by atoms with Crippen molar-refractivity contribution in [1.29, 1.82) is 0 Å². The number of aromatic nitrogens is 2. The SMILES string of the molecule is Cc1nc2c(c(N3CCC[C@H](CCC(N)=O)C3)n1)Cc1ccccc1OC2. The van der Waals surface area contributed by atoms with E-state index in [2.05, 4.69) is 16.0 Å². The molecule has 1 fully saturated rings. The maximum Gasteiger partial charge on any atom is 0.217 e. The summed E-state index contributed by atoms with van der Waals surface area (Å²) < 4.78 is 6.00. The van der Waals surface area contributed by atoms with Crippen LogP contribution in [-0.4, -0.2) is 29.0 Å². The summed E-state index contributed by atoms with van der Waals surface area (Å²) in [5, 5.41) is 0. The lowest BCUT2D eigenvalue weighted by Crippen LogP contribution is -2.37. The number of nitrogens with zero attached hydrogens (tertiary/aromatic N) is 3. The number of primary amides is 1. The van der Waals surface area contributed by atoms with Gasteiger partial charge in [-0.1, -0.05) is 18.2 Å². The van der Waals surface area contributed by atoms with Gasteiger partial charge in [0, 0.05) is 31.5 Å². The van der Waals surface area contributed by atoms with E-state index < -0.39 is 0 Å². The molecule has 6 heteroatoms. The van der Waals surface area contributed by atoms with Gasteiger partial charge in [-0.15, -0.1) is 0 Å². The molecule has 2 aliphatic rings. The smallest absolute Gasteiger partial charge is 0.217 e. The summed E-state index contributed by atoms with van der Waals surface area (Å²) >= 11 is 0. The van der Waals surface area contributed by atoms with Crippen LogP contribution in [0.1, 0.15) is 48.3 Å². The number of fused-ring (bicyclic) bond motifs is 2. The molecule has 0 bridgehead atoms. The summed E-state index contributed by atoms with van der Waals surface area (Å²) in [6.45, 7) is 4.31. The fourth-order valence-corrected chi connectivity index (χ4v) is 4.17. The van der Waals surface area contributed by atoms with Crippen LogP contribution < -0.4 is 15.4 Å². The van der Waals surface area contributed by atoms with Crippen LogP contribution in [0.3, 0.4) is 0 Å². The minimum absolute atomic E-state index is 0.215. The Labute approximate surface area is 159 Å². The van der Waals surface area contributed by atoms with E-state index in [4.69, 9.17) is 15.5 Å². The first kappa shape index (κ1) is 17.8. The van der Waals surface area contributed by atoms with Crippen molar-refractivity contribution < 1.29 is 9.53 Å². The van der Waals surface area contributed by atoms with Crippen LogP contribution in [0.2, 0.25) is 0 Å². The average molecular weight is 366 g/mol. The largest absolute Gasteiger partial charge is 0.487 e. The highest BCUT2D eigenvalue weighted by Gasteiger charge is 2.27. The van der Waals surface area contributed by atoms with Gasteiger partial charge in [-0.2, -0.15) is 0 Å². The maximum absolute atomic E-state index is 11.2. The molecule has 4 rings (SSSR count). The number of anilines is 1. The van der Waals surface area contributed by atoms with Crippen LogP contribution in [0.5, 0.6) is 5.75 Å². The Morgan fingerprint density at radius 3 is 3.04 bits per heavy atom. The molecule has 27 heavy (non-hydrogen) atoms. The zero-order valence-electron chi connectivity index (χ0n) is 15.8. The molecule has 2 aromatic rings. The number of nitrogens with two attached hydrogens (primary N) is 1. The summed E-state index contributed by atoms with van der Waals surface area (Å²) in [4.78, 5) is 23.0. The van der Waals surface area contributed by atoms with Gasteiger partial charge in [0.05, 0.1) is 5.69 Å². The first-order chi connectivity index (χ1) is 13.1. The van der Waals surface area contributed by atoms with Gasteiger partial charge in [0.2, 0.25) is 5.91 Å². The van der Waals surface area contributed by atoms with Crippen LogP contribution in [0.25, 0.3) is 0 Å². The van der Waals surface area contributed by atoms with E-state index in [0.717, 1.165) is 61.9 Å². The average Bonchev–Trinajstić information content (AvgIpc) is 2.85. The molecule has 142 valence electrons. The first-order valence-electron chi connectivity index (χ1n) is 9.70. The third-order valence-corrected chi connectivity index (χ3v) is 5.50. The summed E-state index contributed by atoms with van der Waals surface area (Å²) in [7, 11) is 0. The molecule has 0 aliphatic carbocycles. The van der Waals surface area contributed by atoms with Crippen molar-refractivity contribution in [2.75, 3.05) is 18.0 Å². The predicted molar refractivity (Wildman–Crippen MR) is 104 cm³/mol. The number of piperidine rings is 1. The van der Waals surface area contributed by atoms with Crippen LogP contribution in [0, 0.1) is 12.8 Å². The Morgan fingerprint density at radius 1 is 1.33 bits per heavy atom. The van der Waals surface area contributed by atoms with Gasteiger partial charge in [-0.25, -0.2) is 9.97 Å². The van der Waals surface area contributed by atoms with Crippen LogP contribution in [0.4, 0.5) is 5.82 Å². The molecule has 2 aliphatic heterocycles. The second-order valence-electron chi connectivity index (χ2n) is 7.55. The van der Waals surface area contributed by atoms with Crippen molar-refractivity contribution in [3.63, 3.8) is 0 Å². The number of aryl methyl sites for hydroxylation is 1. The van der Waals surface area contributed by atoms with Gasteiger partial charge < -0.3 is 15.4 Å². The third kappa shape index (κ3) is 3.89. The number of carbonyl (C=O) groups is 1. The minimum Gasteiger partial charge on any atom is -0.487 e. The van der Waals surface area contributed by atoms with E-state index in [1.807, 2.05) is 25.1 Å². The number of carbonyl (C=O) groups excluding carboxylic acids is 1. The lowest BCUT2D eigenvalue weighted by atomic mass is 9.92. The van der Waals surface area contributed by atoms with E-state index in [1.165, 1.54) is 11.1 Å². The molecule has 0 radical (unpaired) electrons. The molecule has 1 aromatic heterocycles. The molecule has 1 atom stereocenters. The van der Waals surface area contributed by atoms with Gasteiger partial charge in [0.15, 0.2) is 0 Å². The number of hydrogen-bond donors (Lipinski definition) is 1. The Bertz CT molecular complexity index is 852. The Morgan fingerprint density at radius 2 is 2.19 bits per heavy atom. The van der Waals surface area contributed by atoms with Crippen molar-refractivity contribution in [1.82, 2.24) is 9.97 Å². The highest BCUT2D eigenvalue weighted by Crippen LogP contribution is 2.34. The van der Waals surface area contributed by atoms with Crippen LogP contribution in [0.15, 0.2) is 24.3 Å². The van der Waals surface area contributed by atoms with Gasteiger partial charge >= 0.3 is 0 Å². The summed E-state index contributed by atoms with van der Waals surface area (Å²) in [5.74, 6) is 3.00. The van der Waals surface area contributed by atoms with Crippen molar-refractivity contribution in [2.45, 2.75) is 45.6 Å². The molecule has 6 nitrogen and oxygen atoms in total. The quantitative estimate of drug-likeness (QED) is 0.900. The molecule has 0 unspecified atom stereocenters. The Hall–Kier alpha value is -2.63. The lowest BCUT2D eigenvalue weighted by Gasteiger charge is -2.35. The second kappa shape index (κ2) is 7.55. The zero-order chi connectivity index (χ0) is 18.8. The summed E-state index contributed by atoms with van der Waals surface area (Å²) in [6, 6.07) is 8.17. The highest BCUT2D eigenvalue weighted by atomic mass is 16.5. The Balaban J connectivity index is 1.64. The van der Waals surface area contributed by atoms with Crippen molar-refractivity contribution in [3.8, 4) is 5.75 Å². The number of benzene rings is 1. The predicted octanol–water partition coefficient (Wildman–Crippen LogP) is 2.75. The monoisotopic (exact) mass is 366 g/mol. The van der Waals surface area contributed by atoms with Crippen molar-refractivity contribution in [3.05, 3.63) is 46.9 Å². The van der Waals surface area contributed by atoms with Gasteiger partial charge in [-0.3, -0.25) is 4.79 Å². The lowest BCUT2D eigenvalue weighted by molar-refractivity contribution is -0.118. The maximum atomic E-state index is 11.2. The van der Waals surface area contributed by atoms with Crippen molar-refractivity contribution >= 4 is 11.7 Å². The van der Waals surface area contributed by atoms with Crippen LogP contribution in [-0.2, 0) is 17.8 Å². The van der Waals surface area contributed by atoms with Gasteiger partial charge in [-0.05, 0) is 43.7 Å². The number of amides is 1. The Kier molecular flexibility index (Phi) is 4.97. The fourth-order valence-electron chi connectivity index (χ4n) is 4.17. The van der Waals surface area contributed by atoms with E-state index in [9.17, 15) is 4.79 Å². The molecule has 0 saturated carbocycles.